The quantitative estimate of drug-likeness (QED) is 0.438. The van der Waals surface area contributed by atoms with Crippen LogP contribution in [0.15, 0.2) is 48.1 Å². The second kappa shape index (κ2) is 11.2. The third kappa shape index (κ3) is 4.91. The summed E-state index contributed by atoms with van der Waals surface area (Å²) in [7, 11) is 0. The molecule has 3 aliphatic heterocycles. The summed E-state index contributed by atoms with van der Waals surface area (Å²) in [6.45, 7) is 4.74. The highest BCUT2D eigenvalue weighted by atomic mass is 16.5. The SMILES string of the molecule is CC(C)c1ccc(NC(=O)[C@H]2[C@H]3C=C[C@@]4(O3)[C@H]2C(=O)N(CCC2=CCCCC2)[C@@H]4C(=O)NC2CCCCC2)cc1. The minimum atomic E-state index is -1.11. The van der Waals surface area contributed by atoms with E-state index in [2.05, 4.69) is 30.6 Å². The molecule has 1 aromatic rings. The van der Waals surface area contributed by atoms with Crippen LogP contribution in [-0.4, -0.2) is 53.0 Å². The van der Waals surface area contributed by atoms with Gasteiger partial charge in [0.2, 0.25) is 17.7 Å². The number of benzene rings is 1. The van der Waals surface area contributed by atoms with Crippen molar-refractivity contribution in [1.29, 1.82) is 0 Å². The molecule has 0 unspecified atom stereocenters. The van der Waals surface area contributed by atoms with E-state index >= 15 is 0 Å². The van der Waals surface area contributed by atoms with Crippen molar-refractivity contribution in [2.45, 2.75) is 108 Å². The molecular formula is C33H43N3O4. The largest absolute Gasteiger partial charge is 0.359 e. The third-order valence-corrected chi connectivity index (χ3v) is 9.78. The molecule has 1 saturated carbocycles. The molecule has 6 rings (SSSR count). The Kier molecular flexibility index (Phi) is 7.60. The van der Waals surface area contributed by atoms with Gasteiger partial charge in [0.25, 0.3) is 0 Å². The fourth-order valence-corrected chi connectivity index (χ4v) is 7.61. The van der Waals surface area contributed by atoms with Gasteiger partial charge in [-0.15, -0.1) is 0 Å². The molecule has 2 saturated heterocycles. The van der Waals surface area contributed by atoms with Crippen molar-refractivity contribution in [2.75, 3.05) is 11.9 Å². The number of ether oxygens (including phenoxy) is 1. The molecule has 3 amide bonds. The van der Waals surface area contributed by atoms with Crippen molar-refractivity contribution in [1.82, 2.24) is 10.2 Å². The fourth-order valence-electron chi connectivity index (χ4n) is 7.61. The topological polar surface area (TPSA) is 87.7 Å². The first-order chi connectivity index (χ1) is 19.4. The summed E-state index contributed by atoms with van der Waals surface area (Å²) in [6, 6.07) is 7.23. The van der Waals surface area contributed by atoms with Crippen molar-refractivity contribution in [3.63, 3.8) is 0 Å². The Bertz CT molecular complexity index is 1200. The minimum absolute atomic E-state index is 0.130. The Morgan fingerprint density at radius 3 is 2.52 bits per heavy atom. The first kappa shape index (κ1) is 27.3. The van der Waals surface area contributed by atoms with Crippen LogP contribution < -0.4 is 10.6 Å². The molecule has 3 fully saturated rings. The third-order valence-electron chi connectivity index (χ3n) is 9.78. The number of rotatable bonds is 8. The predicted molar refractivity (Wildman–Crippen MR) is 155 cm³/mol. The molecule has 2 aliphatic carbocycles. The van der Waals surface area contributed by atoms with Crippen molar-refractivity contribution >= 4 is 23.4 Å². The van der Waals surface area contributed by atoms with Crippen LogP contribution in [0, 0.1) is 11.8 Å². The summed E-state index contributed by atoms with van der Waals surface area (Å²) < 4.78 is 6.51. The van der Waals surface area contributed by atoms with Gasteiger partial charge in [0, 0.05) is 18.3 Å². The number of hydrogen-bond acceptors (Lipinski definition) is 4. The zero-order chi connectivity index (χ0) is 27.9. The molecule has 7 heteroatoms. The van der Waals surface area contributed by atoms with Crippen LogP contribution in [0.25, 0.3) is 0 Å². The van der Waals surface area contributed by atoms with Crippen LogP contribution in [0.4, 0.5) is 5.69 Å². The van der Waals surface area contributed by atoms with E-state index in [1.54, 1.807) is 4.90 Å². The molecule has 1 aromatic carbocycles. The predicted octanol–water partition coefficient (Wildman–Crippen LogP) is 5.24. The van der Waals surface area contributed by atoms with Gasteiger partial charge in [0.15, 0.2) is 0 Å². The Morgan fingerprint density at radius 2 is 1.82 bits per heavy atom. The minimum Gasteiger partial charge on any atom is -0.359 e. The summed E-state index contributed by atoms with van der Waals surface area (Å²) in [4.78, 5) is 43.6. The Balaban J connectivity index is 1.26. The number of fused-ring (bicyclic) bond motifs is 1. The molecule has 0 aromatic heterocycles. The monoisotopic (exact) mass is 545 g/mol. The van der Waals surface area contributed by atoms with Crippen LogP contribution >= 0.6 is 0 Å². The number of anilines is 1. The summed E-state index contributed by atoms with van der Waals surface area (Å²) in [6.07, 6.45) is 16.2. The van der Waals surface area contributed by atoms with Gasteiger partial charge >= 0.3 is 0 Å². The summed E-state index contributed by atoms with van der Waals surface area (Å²) in [5.41, 5.74) is 2.16. The number of carbonyl (C=O) groups is 3. The van der Waals surface area contributed by atoms with Crippen LogP contribution in [0.3, 0.4) is 0 Å². The molecule has 214 valence electrons. The number of allylic oxidation sites excluding steroid dienone is 1. The molecule has 1 spiro atoms. The molecule has 2 N–H and O–H groups in total. The molecular weight excluding hydrogens is 502 g/mol. The highest BCUT2D eigenvalue weighted by Gasteiger charge is 2.72. The smallest absolute Gasteiger partial charge is 0.246 e. The number of nitrogens with one attached hydrogen (secondary N) is 2. The highest BCUT2D eigenvalue weighted by Crippen LogP contribution is 2.55. The second-order valence-corrected chi connectivity index (χ2v) is 12.7. The average molecular weight is 546 g/mol. The lowest BCUT2D eigenvalue weighted by Gasteiger charge is -2.34. The van der Waals surface area contributed by atoms with Crippen LogP contribution in [-0.2, 0) is 19.1 Å². The number of amides is 3. The van der Waals surface area contributed by atoms with Crippen LogP contribution in [0.5, 0.6) is 0 Å². The summed E-state index contributed by atoms with van der Waals surface area (Å²) in [5, 5.41) is 6.32. The van der Waals surface area contributed by atoms with Crippen molar-refractivity contribution in [3.8, 4) is 0 Å². The molecule has 5 atom stereocenters. The standard InChI is InChI=1S/C33H43N3O4/c1-21(2)23-13-15-25(16-14-23)34-30(37)27-26-17-19-33(40-26)28(27)32(39)36(20-18-22-9-5-3-6-10-22)29(33)31(38)35-24-11-7-4-8-12-24/h9,13-17,19,21,24,26-29H,3-8,10-12,18,20H2,1-2H3,(H,34,37)(H,35,38)/t26-,27+,28-,29-,33-/m1/s1. The molecule has 7 nitrogen and oxygen atoms in total. The Labute approximate surface area is 237 Å². The van der Waals surface area contributed by atoms with Crippen LogP contribution in [0.2, 0.25) is 0 Å². The lowest BCUT2D eigenvalue weighted by molar-refractivity contribution is -0.141. The maximum Gasteiger partial charge on any atom is 0.246 e. The average Bonchev–Trinajstić information content (AvgIpc) is 3.60. The molecule has 0 radical (unpaired) electrons. The van der Waals surface area contributed by atoms with Crippen LogP contribution in [0.1, 0.15) is 89.5 Å². The van der Waals surface area contributed by atoms with Crippen molar-refractivity contribution < 1.29 is 19.1 Å². The lowest BCUT2D eigenvalue weighted by atomic mass is 9.74. The van der Waals surface area contributed by atoms with Gasteiger partial charge in [-0.05, 0) is 68.6 Å². The number of nitrogens with zero attached hydrogens (tertiary/aromatic N) is 1. The van der Waals surface area contributed by atoms with Gasteiger partial charge in [-0.3, -0.25) is 14.4 Å². The molecule has 2 bridgehead atoms. The normalized spacial score (nSPS) is 31.4. The Hall–Kier alpha value is -2.93. The van der Waals surface area contributed by atoms with Gasteiger partial charge < -0.3 is 20.3 Å². The lowest BCUT2D eigenvalue weighted by Crippen LogP contribution is -2.56. The number of hydrogen-bond donors (Lipinski definition) is 2. The first-order valence-corrected chi connectivity index (χ1v) is 15.4. The number of likely N-dealkylation sites (tertiary alicyclic amines) is 1. The molecule has 5 aliphatic rings. The summed E-state index contributed by atoms with van der Waals surface area (Å²) >= 11 is 0. The second-order valence-electron chi connectivity index (χ2n) is 12.7. The first-order valence-electron chi connectivity index (χ1n) is 15.4. The van der Waals surface area contributed by atoms with Gasteiger partial charge in [0.1, 0.15) is 11.6 Å². The number of carbonyl (C=O) groups excluding carboxylic acids is 3. The van der Waals surface area contributed by atoms with Crippen molar-refractivity contribution in [3.05, 3.63) is 53.6 Å². The van der Waals surface area contributed by atoms with Crippen molar-refractivity contribution in [2.24, 2.45) is 11.8 Å². The van der Waals surface area contributed by atoms with Gasteiger partial charge in [-0.2, -0.15) is 0 Å². The highest BCUT2D eigenvalue weighted by molar-refractivity contribution is 6.02. The summed E-state index contributed by atoms with van der Waals surface area (Å²) in [5.74, 6) is -1.49. The van der Waals surface area contributed by atoms with Gasteiger partial charge in [0.05, 0.1) is 17.9 Å². The van der Waals surface area contributed by atoms with E-state index in [0.717, 1.165) is 44.9 Å². The van der Waals surface area contributed by atoms with E-state index in [0.29, 0.717) is 18.2 Å². The molecule has 3 heterocycles. The Morgan fingerprint density at radius 1 is 1.05 bits per heavy atom. The van der Waals surface area contributed by atoms with E-state index in [1.807, 2.05) is 36.4 Å². The van der Waals surface area contributed by atoms with Gasteiger partial charge in [-0.1, -0.05) is 69.0 Å². The molecule has 40 heavy (non-hydrogen) atoms. The van der Waals surface area contributed by atoms with E-state index in [9.17, 15) is 14.4 Å². The maximum atomic E-state index is 14.2. The van der Waals surface area contributed by atoms with E-state index < -0.39 is 29.6 Å². The van der Waals surface area contributed by atoms with Gasteiger partial charge in [-0.25, -0.2) is 0 Å². The maximum absolute atomic E-state index is 14.2. The zero-order valence-corrected chi connectivity index (χ0v) is 23.9. The van der Waals surface area contributed by atoms with E-state index in [1.165, 1.54) is 30.4 Å². The fraction of sp³-hybridized carbons (Fsp3) is 0.606. The van der Waals surface area contributed by atoms with E-state index in [-0.39, 0.29) is 23.8 Å². The zero-order valence-electron chi connectivity index (χ0n) is 23.9. The van der Waals surface area contributed by atoms with E-state index in [4.69, 9.17) is 4.74 Å².